The molecule has 2 aliphatic rings. The van der Waals surface area contributed by atoms with Crippen molar-refractivity contribution in [2.75, 3.05) is 6.61 Å². The van der Waals surface area contributed by atoms with E-state index in [2.05, 4.69) is 4.98 Å². The maximum absolute atomic E-state index is 14.6. The molecule has 0 aliphatic heterocycles. The lowest BCUT2D eigenvalue weighted by atomic mass is 9.94. The van der Waals surface area contributed by atoms with Gasteiger partial charge in [0.25, 0.3) is 0 Å². The number of fused-ring (bicyclic) bond motifs is 3. The lowest BCUT2D eigenvalue weighted by molar-refractivity contribution is 0.122. The summed E-state index contributed by atoms with van der Waals surface area (Å²) in [6.45, 7) is 6.09. The number of pyridine rings is 1. The van der Waals surface area contributed by atoms with Crippen LogP contribution < -0.4 is 9.47 Å². The SMILES string of the molecule is Cc1cc(OCC(C)O)cc(C)c1-c1ccc(F)c(COc2cc3c(cn2)C2CC2C3)c1. The molecule has 1 heterocycles. The van der Waals surface area contributed by atoms with E-state index in [-0.39, 0.29) is 19.0 Å². The molecule has 166 valence electrons. The van der Waals surface area contributed by atoms with Crippen molar-refractivity contribution in [1.29, 1.82) is 0 Å². The predicted molar refractivity (Wildman–Crippen MR) is 122 cm³/mol. The number of aliphatic hydroxyl groups is 1. The Balaban J connectivity index is 1.35. The number of halogens is 1. The Bertz CT molecular complexity index is 1150. The van der Waals surface area contributed by atoms with Gasteiger partial charge in [-0.2, -0.15) is 0 Å². The first-order valence-corrected chi connectivity index (χ1v) is 11.2. The number of rotatable bonds is 7. The van der Waals surface area contributed by atoms with Gasteiger partial charge < -0.3 is 14.6 Å². The van der Waals surface area contributed by atoms with Gasteiger partial charge in [0, 0.05) is 17.8 Å². The standard InChI is InChI=1S/C27H28FNO3/c1-15-6-22(31-13-17(3)30)7-16(2)27(15)18-4-5-25(28)21(8-18)14-32-26-11-20-9-19-10-23(19)24(20)12-29-26/h4-8,11-12,17,19,23,30H,9-10,13-14H2,1-3H3. The van der Waals surface area contributed by atoms with Crippen LogP contribution in [0.15, 0.2) is 42.6 Å². The summed E-state index contributed by atoms with van der Waals surface area (Å²) in [5, 5.41) is 9.46. The van der Waals surface area contributed by atoms with Crippen molar-refractivity contribution in [3.8, 4) is 22.8 Å². The summed E-state index contributed by atoms with van der Waals surface area (Å²) in [7, 11) is 0. The monoisotopic (exact) mass is 433 g/mol. The van der Waals surface area contributed by atoms with Crippen molar-refractivity contribution >= 4 is 0 Å². The molecule has 0 radical (unpaired) electrons. The minimum absolute atomic E-state index is 0.131. The lowest BCUT2D eigenvalue weighted by Gasteiger charge is -2.16. The van der Waals surface area contributed by atoms with Gasteiger partial charge in [-0.1, -0.05) is 6.07 Å². The number of nitrogens with zero attached hydrogens (tertiary/aromatic N) is 1. The van der Waals surface area contributed by atoms with Crippen LogP contribution in [0, 0.1) is 25.6 Å². The van der Waals surface area contributed by atoms with Crippen LogP contribution in [0.25, 0.3) is 11.1 Å². The fourth-order valence-corrected chi connectivity index (χ4v) is 4.88. The van der Waals surface area contributed by atoms with E-state index in [1.807, 2.05) is 44.3 Å². The summed E-state index contributed by atoms with van der Waals surface area (Å²) in [5.74, 6) is 2.49. The van der Waals surface area contributed by atoms with Crippen LogP contribution in [0.1, 0.15) is 47.1 Å². The van der Waals surface area contributed by atoms with E-state index >= 15 is 0 Å². The van der Waals surface area contributed by atoms with E-state index in [0.29, 0.717) is 17.4 Å². The van der Waals surface area contributed by atoms with Crippen molar-refractivity contribution in [3.63, 3.8) is 0 Å². The van der Waals surface area contributed by atoms with E-state index in [4.69, 9.17) is 9.47 Å². The van der Waals surface area contributed by atoms with Crippen LogP contribution in [0.3, 0.4) is 0 Å². The van der Waals surface area contributed by atoms with Gasteiger partial charge in [0.1, 0.15) is 24.8 Å². The van der Waals surface area contributed by atoms with Gasteiger partial charge >= 0.3 is 0 Å². The van der Waals surface area contributed by atoms with Gasteiger partial charge in [-0.15, -0.1) is 0 Å². The predicted octanol–water partition coefficient (Wildman–Crippen LogP) is 5.50. The van der Waals surface area contributed by atoms with Gasteiger partial charge in [0.15, 0.2) is 0 Å². The Hall–Kier alpha value is -2.92. The first-order chi connectivity index (χ1) is 15.4. The van der Waals surface area contributed by atoms with Crippen LogP contribution in [0.5, 0.6) is 11.6 Å². The van der Waals surface area contributed by atoms with E-state index in [9.17, 15) is 9.50 Å². The fourth-order valence-electron chi connectivity index (χ4n) is 4.88. The van der Waals surface area contributed by atoms with Crippen LogP contribution >= 0.6 is 0 Å². The van der Waals surface area contributed by atoms with Crippen molar-refractivity contribution in [2.24, 2.45) is 5.92 Å². The smallest absolute Gasteiger partial charge is 0.213 e. The second kappa shape index (κ2) is 8.21. The molecular formula is C27H28FNO3. The molecule has 3 unspecified atom stereocenters. The van der Waals surface area contributed by atoms with Gasteiger partial charge in [0.05, 0.1) is 6.10 Å². The summed E-state index contributed by atoms with van der Waals surface area (Å²) in [6, 6.07) is 11.1. The van der Waals surface area contributed by atoms with E-state index < -0.39 is 6.10 Å². The normalized spacial score (nSPS) is 19.3. The molecule has 0 amide bonds. The molecule has 1 fully saturated rings. The quantitative estimate of drug-likeness (QED) is 0.534. The largest absolute Gasteiger partial charge is 0.491 e. The Labute approximate surface area is 188 Å². The highest BCUT2D eigenvalue weighted by molar-refractivity contribution is 5.72. The van der Waals surface area contributed by atoms with Gasteiger partial charge in [-0.25, -0.2) is 9.37 Å². The summed E-state index contributed by atoms with van der Waals surface area (Å²) in [6.07, 6.45) is 3.81. The van der Waals surface area contributed by atoms with Crippen LogP contribution in [-0.4, -0.2) is 22.8 Å². The molecule has 0 bridgehead atoms. The third-order valence-electron chi connectivity index (χ3n) is 6.51. The first-order valence-electron chi connectivity index (χ1n) is 11.2. The van der Waals surface area contributed by atoms with Crippen molar-refractivity contribution in [2.45, 2.75) is 52.2 Å². The Kier molecular flexibility index (Phi) is 5.38. The molecule has 5 heteroatoms. The van der Waals surface area contributed by atoms with Crippen molar-refractivity contribution in [3.05, 3.63) is 76.2 Å². The minimum atomic E-state index is -0.527. The third kappa shape index (κ3) is 4.09. The number of aryl methyl sites for hydroxylation is 2. The molecular weight excluding hydrogens is 405 g/mol. The zero-order chi connectivity index (χ0) is 22.4. The number of ether oxygens (including phenoxy) is 2. The van der Waals surface area contributed by atoms with Crippen LogP contribution in [0.2, 0.25) is 0 Å². The molecule has 1 N–H and O–H groups in total. The maximum atomic E-state index is 14.6. The van der Waals surface area contributed by atoms with E-state index in [1.165, 1.54) is 23.6 Å². The Morgan fingerprint density at radius 1 is 1.12 bits per heavy atom. The molecule has 2 aromatic carbocycles. The highest BCUT2D eigenvalue weighted by Crippen LogP contribution is 2.56. The van der Waals surface area contributed by atoms with Gasteiger partial charge in [-0.3, -0.25) is 0 Å². The zero-order valence-corrected chi connectivity index (χ0v) is 18.7. The molecule has 1 aromatic heterocycles. The highest BCUT2D eigenvalue weighted by atomic mass is 19.1. The van der Waals surface area contributed by atoms with Gasteiger partial charge in [-0.05, 0) is 103 Å². The molecule has 3 aromatic rings. The fraction of sp³-hybridized carbons (Fsp3) is 0.370. The second-order valence-electron chi connectivity index (χ2n) is 9.21. The number of hydrogen-bond donors (Lipinski definition) is 1. The molecule has 0 spiro atoms. The topological polar surface area (TPSA) is 51.6 Å². The number of benzene rings is 2. The minimum Gasteiger partial charge on any atom is -0.491 e. The molecule has 3 atom stereocenters. The molecule has 2 aliphatic carbocycles. The summed E-state index contributed by atoms with van der Waals surface area (Å²) < 4.78 is 26.1. The van der Waals surface area contributed by atoms with Crippen molar-refractivity contribution in [1.82, 2.24) is 4.98 Å². The summed E-state index contributed by atoms with van der Waals surface area (Å²) in [5.41, 5.74) is 7.23. The highest BCUT2D eigenvalue weighted by Gasteiger charge is 2.45. The first kappa shape index (κ1) is 21.0. The number of aliphatic hydroxyl groups excluding tert-OH is 1. The third-order valence-corrected chi connectivity index (χ3v) is 6.51. The number of aromatic nitrogens is 1. The summed E-state index contributed by atoms with van der Waals surface area (Å²) >= 11 is 0. The van der Waals surface area contributed by atoms with Crippen molar-refractivity contribution < 1.29 is 19.0 Å². The number of hydrogen-bond acceptors (Lipinski definition) is 4. The lowest BCUT2D eigenvalue weighted by Crippen LogP contribution is -2.13. The molecule has 0 saturated heterocycles. The average Bonchev–Trinajstić information content (AvgIpc) is 3.42. The summed E-state index contributed by atoms with van der Waals surface area (Å²) in [4.78, 5) is 4.44. The molecule has 4 nitrogen and oxygen atoms in total. The van der Waals surface area contributed by atoms with E-state index in [1.54, 1.807) is 13.0 Å². The Morgan fingerprint density at radius 3 is 2.66 bits per heavy atom. The molecule has 32 heavy (non-hydrogen) atoms. The maximum Gasteiger partial charge on any atom is 0.213 e. The zero-order valence-electron chi connectivity index (χ0n) is 18.7. The second-order valence-corrected chi connectivity index (χ2v) is 9.21. The average molecular weight is 434 g/mol. The molecule has 1 saturated carbocycles. The van der Waals surface area contributed by atoms with Crippen LogP contribution in [0.4, 0.5) is 4.39 Å². The van der Waals surface area contributed by atoms with E-state index in [0.717, 1.165) is 40.3 Å². The molecule has 5 rings (SSSR count). The van der Waals surface area contributed by atoms with Gasteiger partial charge in [0.2, 0.25) is 5.88 Å². The Morgan fingerprint density at radius 2 is 1.91 bits per heavy atom. The van der Waals surface area contributed by atoms with Crippen LogP contribution in [-0.2, 0) is 13.0 Å².